The molecular weight excluding hydrogens is 340 g/mol. The SMILES string of the molecule is CC(C)(C)N1CC(C(=O)N2CCC(c3c[nH]c4cccnc34)CC2)CC1=O. The van der Waals surface area contributed by atoms with Gasteiger partial charge in [0.1, 0.15) is 0 Å². The maximum atomic E-state index is 13.0. The van der Waals surface area contributed by atoms with Crippen molar-refractivity contribution < 1.29 is 9.59 Å². The Bertz CT molecular complexity index is 858. The molecule has 1 N–H and O–H groups in total. The van der Waals surface area contributed by atoms with Crippen molar-refractivity contribution in [1.29, 1.82) is 0 Å². The number of carbonyl (C=O) groups is 2. The van der Waals surface area contributed by atoms with Crippen molar-refractivity contribution in [3.63, 3.8) is 0 Å². The summed E-state index contributed by atoms with van der Waals surface area (Å²) in [5.74, 6) is 0.475. The van der Waals surface area contributed by atoms with Crippen LogP contribution in [0, 0.1) is 5.92 Å². The molecule has 1 atom stereocenters. The maximum absolute atomic E-state index is 13.0. The molecule has 0 spiro atoms. The lowest BCUT2D eigenvalue weighted by molar-refractivity contribution is -0.136. The molecule has 6 nitrogen and oxygen atoms in total. The maximum Gasteiger partial charge on any atom is 0.227 e. The first kappa shape index (κ1) is 18.0. The van der Waals surface area contributed by atoms with Crippen molar-refractivity contribution in [2.24, 2.45) is 5.92 Å². The number of aromatic nitrogens is 2. The monoisotopic (exact) mass is 368 g/mol. The fraction of sp³-hybridized carbons (Fsp3) is 0.571. The standard InChI is InChI=1S/C21H28N4O2/c1-21(2,3)25-13-15(11-18(25)26)20(27)24-9-6-14(7-10-24)16-12-23-17-5-4-8-22-19(16)17/h4-5,8,12,14-15,23H,6-7,9-11,13H2,1-3H3. The van der Waals surface area contributed by atoms with Gasteiger partial charge in [0.25, 0.3) is 0 Å². The Morgan fingerprint density at radius 1 is 1.26 bits per heavy atom. The molecule has 0 aromatic carbocycles. The lowest BCUT2D eigenvalue weighted by atomic mass is 9.89. The van der Waals surface area contributed by atoms with E-state index in [-0.39, 0.29) is 23.3 Å². The third-order valence-corrected chi connectivity index (χ3v) is 5.99. The van der Waals surface area contributed by atoms with Crippen LogP contribution in [0.2, 0.25) is 0 Å². The van der Waals surface area contributed by atoms with Crippen LogP contribution in [0.4, 0.5) is 0 Å². The van der Waals surface area contributed by atoms with Gasteiger partial charge in [-0.05, 0) is 57.2 Å². The number of carbonyl (C=O) groups excluding carboxylic acids is 2. The van der Waals surface area contributed by atoms with Crippen LogP contribution in [-0.2, 0) is 9.59 Å². The van der Waals surface area contributed by atoms with Crippen LogP contribution in [0.3, 0.4) is 0 Å². The molecule has 0 radical (unpaired) electrons. The van der Waals surface area contributed by atoms with Crippen LogP contribution in [0.1, 0.15) is 51.5 Å². The molecule has 27 heavy (non-hydrogen) atoms. The van der Waals surface area contributed by atoms with Crippen molar-refractivity contribution >= 4 is 22.8 Å². The smallest absolute Gasteiger partial charge is 0.227 e. The molecule has 2 aliphatic heterocycles. The fourth-order valence-electron chi connectivity index (χ4n) is 4.48. The molecule has 0 bridgehead atoms. The second-order valence-corrected chi connectivity index (χ2v) is 8.82. The molecule has 2 aliphatic rings. The quantitative estimate of drug-likeness (QED) is 0.886. The summed E-state index contributed by atoms with van der Waals surface area (Å²) in [6.07, 6.45) is 6.13. The number of rotatable bonds is 2. The molecule has 1 unspecified atom stereocenters. The Hall–Kier alpha value is -2.37. The molecule has 6 heteroatoms. The molecule has 2 aromatic heterocycles. The largest absolute Gasteiger partial charge is 0.360 e. The first-order chi connectivity index (χ1) is 12.8. The molecule has 4 heterocycles. The van der Waals surface area contributed by atoms with Crippen LogP contribution in [0.15, 0.2) is 24.5 Å². The third-order valence-electron chi connectivity index (χ3n) is 5.99. The average molecular weight is 368 g/mol. The number of nitrogens with zero attached hydrogens (tertiary/aromatic N) is 3. The minimum atomic E-state index is -0.221. The summed E-state index contributed by atoms with van der Waals surface area (Å²) in [5.41, 5.74) is 3.15. The van der Waals surface area contributed by atoms with Gasteiger partial charge in [-0.3, -0.25) is 14.6 Å². The molecular formula is C21H28N4O2. The zero-order valence-electron chi connectivity index (χ0n) is 16.4. The molecule has 2 aromatic rings. The minimum Gasteiger partial charge on any atom is -0.360 e. The summed E-state index contributed by atoms with van der Waals surface area (Å²) in [6.45, 7) is 8.13. The van der Waals surface area contributed by atoms with Crippen LogP contribution in [0.25, 0.3) is 11.0 Å². The van der Waals surface area contributed by atoms with Gasteiger partial charge in [-0.2, -0.15) is 0 Å². The predicted molar refractivity (Wildman–Crippen MR) is 104 cm³/mol. The van der Waals surface area contributed by atoms with Gasteiger partial charge in [-0.25, -0.2) is 0 Å². The number of hydrogen-bond acceptors (Lipinski definition) is 3. The van der Waals surface area contributed by atoms with E-state index in [4.69, 9.17) is 0 Å². The van der Waals surface area contributed by atoms with Crippen LogP contribution < -0.4 is 0 Å². The number of aromatic amines is 1. The van der Waals surface area contributed by atoms with Crippen molar-refractivity contribution in [3.05, 3.63) is 30.1 Å². The van der Waals surface area contributed by atoms with Gasteiger partial charge >= 0.3 is 0 Å². The number of nitrogens with one attached hydrogen (secondary N) is 1. The summed E-state index contributed by atoms with van der Waals surface area (Å²) in [6, 6.07) is 3.98. The third kappa shape index (κ3) is 3.33. The summed E-state index contributed by atoms with van der Waals surface area (Å²) in [4.78, 5) is 36.9. The number of likely N-dealkylation sites (tertiary alicyclic amines) is 2. The van der Waals surface area contributed by atoms with Crippen LogP contribution >= 0.6 is 0 Å². The van der Waals surface area contributed by atoms with E-state index in [1.165, 1.54) is 5.56 Å². The van der Waals surface area contributed by atoms with E-state index < -0.39 is 0 Å². The molecule has 2 fully saturated rings. The Kier molecular flexibility index (Phi) is 4.44. The number of pyridine rings is 1. The number of hydrogen-bond donors (Lipinski definition) is 1. The number of fused-ring (bicyclic) bond motifs is 1. The normalized spacial score (nSPS) is 22.0. The number of piperidine rings is 1. The fourth-order valence-corrected chi connectivity index (χ4v) is 4.48. The first-order valence-corrected chi connectivity index (χ1v) is 9.86. The highest BCUT2D eigenvalue weighted by molar-refractivity contribution is 5.89. The Morgan fingerprint density at radius 2 is 2.00 bits per heavy atom. The average Bonchev–Trinajstić information content (AvgIpc) is 3.25. The van der Waals surface area contributed by atoms with Gasteiger partial charge < -0.3 is 14.8 Å². The van der Waals surface area contributed by atoms with Crippen molar-refractivity contribution in [3.8, 4) is 0 Å². The molecule has 2 amide bonds. The van der Waals surface area contributed by atoms with E-state index in [0.717, 1.165) is 37.0 Å². The Morgan fingerprint density at radius 3 is 2.67 bits per heavy atom. The topological polar surface area (TPSA) is 69.3 Å². The van der Waals surface area contributed by atoms with Gasteiger partial charge in [0.05, 0.1) is 17.0 Å². The highest BCUT2D eigenvalue weighted by Gasteiger charge is 2.41. The van der Waals surface area contributed by atoms with Gasteiger partial charge in [0.15, 0.2) is 0 Å². The van der Waals surface area contributed by atoms with Gasteiger partial charge in [-0.15, -0.1) is 0 Å². The van der Waals surface area contributed by atoms with Crippen LogP contribution in [-0.4, -0.2) is 56.8 Å². The summed E-state index contributed by atoms with van der Waals surface area (Å²) >= 11 is 0. The number of H-pyrrole nitrogens is 1. The van der Waals surface area contributed by atoms with Crippen molar-refractivity contribution in [2.45, 2.75) is 51.5 Å². The molecule has 2 saturated heterocycles. The zero-order valence-corrected chi connectivity index (χ0v) is 16.4. The van der Waals surface area contributed by atoms with Gasteiger partial charge in [0.2, 0.25) is 11.8 Å². The van der Waals surface area contributed by atoms with E-state index in [2.05, 4.69) is 16.2 Å². The highest BCUT2D eigenvalue weighted by atomic mass is 16.2. The Labute approximate surface area is 159 Å². The summed E-state index contributed by atoms with van der Waals surface area (Å²) in [5, 5.41) is 0. The second-order valence-electron chi connectivity index (χ2n) is 8.82. The lowest BCUT2D eigenvalue weighted by Crippen LogP contribution is -2.45. The van der Waals surface area contributed by atoms with E-state index in [1.807, 2.05) is 48.9 Å². The molecule has 4 rings (SSSR count). The number of amides is 2. The van der Waals surface area contributed by atoms with E-state index in [0.29, 0.717) is 18.9 Å². The Balaban J connectivity index is 1.39. The van der Waals surface area contributed by atoms with Crippen molar-refractivity contribution in [1.82, 2.24) is 19.8 Å². The van der Waals surface area contributed by atoms with E-state index in [9.17, 15) is 9.59 Å². The summed E-state index contributed by atoms with van der Waals surface area (Å²) < 4.78 is 0. The van der Waals surface area contributed by atoms with Gasteiger partial charge in [-0.1, -0.05) is 0 Å². The first-order valence-electron chi connectivity index (χ1n) is 9.86. The summed E-state index contributed by atoms with van der Waals surface area (Å²) in [7, 11) is 0. The van der Waals surface area contributed by atoms with E-state index >= 15 is 0 Å². The van der Waals surface area contributed by atoms with Gasteiger partial charge in [0, 0.05) is 44.0 Å². The highest BCUT2D eigenvalue weighted by Crippen LogP contribution is 2.34. The molecule has 144 valence electrons. The zero-order chi connectivity index (χ0) is 19.2. The van der Waals surface area contributed by atoms with E-state index in [1.54, 1.807) is 0 Å². The van der Waals surface area contributed by atoms with Crippen molar-refractivity contribution in [2.75, 3.05) is 19.6 Å². The lowest BCUT2D eigenvalue weighted by Gasteiger charge is -2.34. The minimum absolute atomic E-state index is 0.0978. The van der Waals surface area contributed by atoms with Crippen LogP contribution in [0.5, 0.6) is 0 Å². The molecule has 0 aliphatic carbocycles. The predicted octanol–water partition coefficient (Wildman–Crippen LogP) is 2.92. The molecule has 0 saturated carbocycles. The second kappa shape index (κ2) is 6.66.